The van der Waals surface area contributed by atoms with Crippen LogP contribution >= 0.6 is 0 Å². The molecule has 2 aromatic rings. The number of anilines is 1. The van der Waals surface area contributed by atoms with Gasteiger partial charge in [0.1, 0.15) is 6.33 Å². The summed E-state index contributed by atoms with van der Waals surface area (Å²) >= 11 is 0. The SMILES string of the molecule is Cc1nn(C(C)C)c(C)c1CC(=O)Nc1nncn1C1CC1. The van der Waals surface area contributed by atoms with Gasteiger partial charge in [0.2, 0.25) is 11.9 Å². The van der Waals surface area contributed by atoms with Crippen molar-refractivity contribution in [3.8, 4) is 0 Å². The predicted molar refractivity (Wildman–Crippen MR) is 82.7 cm³/mol. The van der Waals surface area contributed by atoms with Crippen molar-refractivity contribution < 1.29 is 4.79 Å². The van der Waals surface area contributed by atoms with Crippen molar-refractivity contribution in [1.82, 2.24) is 24.5 Å². The number of carbonyl (C=O) groups is 1. The molecule has 0 aliphatic heterocycles. The summed E-state index contributed by atoms with van der Waals surface area (Å²) < 4.78 is 3.90. The number of rotatable bonds is 5. The van der Waals surface area contributed by atoms with Gasteiger partial charge < -0.3 is 0 Å². The summed E-state index contributed by atoms with van der Waals surface area (Å²) in [6.45, 7) is 8.12. The molecule has 0 spiro atoms. The summed E-state index contributed by atoms with van der Waals surface area (Å²) in [6, 6.07) is 0.728. The minimum Gasteiger partial charge on any atom is -0.297 e. The quantitative estimate of drug-likeness (QED) is 0.918. The highest BCUT2D eigenvalue weighted by atomic mass is 16.1. The third-order valence-corrected chi connectivity index (χ3v) is 4.07. The Morgan fingerprint density at radius 1 is 1.41 bits per heavy atom. The fraction of sp³-hybridized carbons (Fsp3) is 0.600. The Hall–Kier alpha value is -2.18. The average molecular weight is 302 g/mol. The lowest BCUT2D eigenvalue weighted by molar-refractivity contribution is -0.115. The van der Waals surface area contributed by atoms with Crippen molar-refractivity contribution in [3.63, 3.8) is 0 Å². The summed E-state index contributed by atoms with van der Waals surface area (Å²) in [5.41, 5.74) is 2.94. The van der Waals surface area contributed by atoms with E-state index in [0.717, 1.165) is 29.8 Å². The number of hydrogen-bond donors (Lipinski definition) is 1. The Balaban J connectivity index is 1.73. The molecular formula is C15H22N6O. The molecule has 0 saturated heterocycles. The number of carbonyl (C=O) groups excluding carboxylic acids is 1. The van der Waals surface area contributed by atoms with E-state index < -0.39 is 0 Å². The van der Waals surface area contributed by atoms with Crippen molar-refractivity contribution in [1.29, 1.82) is 0 Å². The van der Waals surface area contributed by atoms with Crippen LogP contribution in [0.1, 0.15) is 55.7 Å². The number of aromatic nitrogens is 5. The van der Waals surface area contributed by atoms with Gasteiger partial charge >= 0.3 is 0 Å². The first-order valence-electron chi connectivity index (χ1n) is 7.71. The topological polar surface area (TPSA) is 77.6 Å². The summed E-state index contributed by atoms with van der Waals surface area (Å²) in [6.07, 6.45) is 4.24. The first kappa shape index (κ1) is 14.7. The standard InChI is InChI=1S/C15H22N6O/c1-9(2)21-11(4)13(10(3)19-21)7-14(22)17-15-18-16-8-20(15)12-5-6-12/h8-9,12H,5-7H2,1-4H3,(H,17,18,22). The van der Waals surface area contributed by atoms with Crippen molar-refractivity contribution in [2.24, 2.45) is 0 Å². The Morgan fingerprint density at radius 3 is 2.73 bits per heavy atom. The van der Waals surface area contributed by atoms with Crippen LogP contribution in [-0.4, -0.2) is 30.5 Å². The number of nitrogens with zero attached hydrogens (tertiary/aromatic N) is 5. The van der Waals surface area contributed by atoms with Gasteiger partial charge in [-0.05, 0) is 40.5 Å². The normalized spacial score (nSPS) is 14.6. The van der Waals surface area contributed by atoms with Gasteiger partial charge in [0.15, 0.2) is 0 Å². The Labute approximate surface area is 129 Å². The van der Waals surface area contributed by atoms with E-state index in [9.17, 15) is 4.79 Å². The summed E-state index contributed by atoms with van der Waals surface area (Å²) in [5, 5.41) is 15.3. The largest absolute Gasteiger partial charge is 0.297 e. The van der Waals surface area contributed by atoms with Crippen molar-refractivity contribution in [2.45, 2.75) is 59.0 Å². The van der Waals surface area contributed by atoms with Crippen LogP contribution in [0.2, 0.25) is 0 Å². The summed E-state index contributed by atoms with van der Waals surface area (Å²) in [5.74, 6) is 0.462. The van der Waals surface area contributed by atoms with E-state index in [2.05, 4.69) is 34.5 Å². The zero-order chi connectivity index (χ0) is 15.9. The van der Waals surface area contributed by atoms with Gasteiger partial charge in [0.05, 0.1) is 12.1 Å². The molecule has 0 atom stereocenters. The highest BCUT2D eigenvalue weighted by Crippen LogP contribution is 2.36. The van der Waals surface area contributed by atoms with Gasteiger partial charge in [0, 0.05) is 23.3 Å². The molecule has 1 N–H and O–H groups in total. The molecule has 118 valence electrons. The molecule has 22 heavy (non-hydrogen) atoms. The van der Waals surface area contributed by atoms with Gasteiger partial charge in [-0.15, -0.1) is 10.2 Å². The molecule has 0 radical (unpaired) electrons. The number of hydrogen-bond acceptors (Lipinski definition) is 4. The lowest BCUT2D eigenvalue weighted by Gasteiger charge is -2.09. The van der Waals surface area contributed by atoms with Crippen LogP contribution < -0.4 is 5.32 Å². The van der Waals surface area contributed by atoms with Gasteiger partial charge in [-0.25, -0.2) is 0 Å². The minimum absolute atomic E-state index is 0.0793. The van der Waals surface area contributed by atoms with Crippen LogP contribution in [0.15, 0.2) is 6.33 Å². The van der Waals surface area contributed by atoms with E-state index in [1.807, 2.05) is 23.1 Å². The van der Waals surface area contributed by atoms with Crippen LogP contribution in [0.4, 0.5) is 5.95 Å². The molecule has 3 rings (SSSR count). The van der Waals surface area contributed by atoms with E-state index in [4.69, 9.17) is 0 Å². The number of aryl methyl sites for hydroxylation is 1. The molecule has 0 unspecified atom stereocenters. The van der Waals surface area contributed by atoms with E-state index in [0.29, 0.717) is 18.4 Å². The third-order valence-electron chi connectivity index (χ3n) is 4.07. The van der Waals surface area contributed by atoms with Crippen LogP contribution in [0.3, 0.4) is 0 Å². The second-order valence-corrected chi connectivity index (χ2v) is 6.21. The van der Waals surface area contributed by atoms with Crippen LogP contribution in [0.25, 0.3) is 0 Å². The Kier molecular flexibility index (Phi) is 3.72. The first-order chi connectivity index (χ1) is 10.5. The van der Waals surface area contributed by atoms with E-state index >= 15 is 0 Å². The molecule has 0 aromatic carbocycles. The van der Waals surface area contributed by atoms with Crippen LogP contribution in [0.5, 0.6) is 0 Å². The second-order valence-electron chi connectivity index (χ2n) is 6.21. The molecule has 1 fully saturated rings. The molecule has 1 saturated carbocycles. The molecule has 0 bridgehead atoms. The highest BCUT2D eigenvalue weighted by molar-refractivity contribution is 5.91. The molecule has 1 amide bonds. The fourth-order valence-corrected chi connectivity index (χ4v) is 2.74. The van der Waals surface area contributed by atoms with Gasteiger partial charge in [-0.1, -0.05) is 0 Å². The van der Waals surface area contributed by atoms with E-state index in [1.54, 1.807) is 6.33 Å². The van der Waals surface area contributed by atoms with Crippen LogP contribution in [0, 0.1) is 13.8 Å². The van der Waals surface area contributed by atoms with Gasteiger partial charge in [0.25, 0.3) is 0 Å². The maximum absolute atomic E-state index is 12.3. The first-order valence-corrected chi connectivity index (χ1v) is 7.71. The van der Waals surface area contributed by atoms with Gasteiger partial charge in [-0.2, -0.15) is 5.10 Å². The second kappa shape index (κ2) is 5.55. The Morgan fingerprint density at radius 2 is 2.14 bits per heavy atom. The molecule has 2 aromatic heterocycles. The van der Waals surface area contributed by atoms with Crippen LogP contribution in [-0.2, 0) is 11.2 Å². The smallest absolute Gasteiger partial charge is 0.231 e. The van der Waals surface area contributed by atoms with Crippen molar-refractivity contribution >= 4 is 11.9 Å². The minimum atomic E-state index is -0.0793. The molecule has 1 aliphatic carbocycles. The molecule has 1 aliphatic rings. The fourth-order valence-electron chi connectivity index (χ4n) is 2.74. The Bertz CT molecular complexity index is 695. The third kappa shape index (κ3) is 2.75. The van der Waals surface area contributed by atoms with Crippen molar-refractivity contribution in [2.75, 3.05) is 5.32 Å². The zero-order valence-corrected chi connectivity index (χ0v) is 13.5. The summed E-state index contributed by atoms with van der Waals surface area (Å²) in [7, 11) is 0. The predicted octanol–water partition coefficient (Wildman–Crippen LogP) is 2.19. The van der Waals surface area contributed by atoms with Gasteiger partial charge in [-0.3, -0.25) is 19.4 Å². The monoisotopic (exact) mass is 302 g/mol. The lowest BCUT2D eigenvalue weighted by Crippen LogP contribution is -2.18. The highest BCUT2D eigenvalue weighted by Gasteiger charge is 2.27. The molecule has 7 nitrogen and oxygen atoms in total. The molecular weight excluding hydrogens is 280 g/mol. The van der Waals surface area contributed by atoms with E-state index in [1.165, 1.54) is 0 Å². The maximum atomic E-state index is 12.3. The number of nitrogens with one attached hydrogen (secondary N) is 1. The maximum Gasteiger partial charge on any atom is 0.231 e. The summed E-state index contributed by atoms with van der Waals surface area (Å²) in [4.78, 5) is 12.3. The lowest BCUT2D eigenvalue weighted by atomic mass is 10.1. The molecule has 2 heterocycles. The van der Waals surface area contributed by atoms with Crippen molar-refractivity contribution in [3.05, 3.63) is 23.3 Å². The number of amides is 1. The van der Waals surface area contributed by atoms with E-state index in [-0.39, 0.29) is 11.9 Å². The zero-order valence-electron chi connectivity index (χ0n) is 13.5. The molecule has 7 heteroatoms. The average Bonchev–Trinajstić information content (AvgIpc) is 3.14.